The summed E-state index contributed by atoms with van der Waals surface area (Å²) in [7, 11) is 0. The van der Waals surface area contributed by atoms with Gasteiger partial charge in [0, 0.05) is 24.0 Å². The van der Waals surface area contributed by atoms with Crippen LogP contribution in [0.3, 0.4) is 0 Å². The highest BCUT2D eigenvalue weighted by molar-refractivity contribution is 6.08. The molecule has 1 saturated heterocycles. The maximum absolute atomic E-state index is 12.5. The topological polar surface area (TPSA) is 49.4 Å². The summed E-state index contributed by atoms with van der Waals surface area (Å²) in [6, 6.07) is 23.2. The van der Waals surface area contributed by atoms with Crippen molar-refractivity contribution < 1.29 is 9.59 Å². The van der Waals surface area contributed by atoms with Gasteiger partial charge in [0.2, 0.25) is 11.8 Å². The normalized spacial score (nSPS) is 17.0. The first kappa shape index (κ1) is 15.4. The molecule has 3 aromatic carbocycles. The Kier molecular flexibility index (Phi) is 3.94. The van der Waals surface area contributed by atoms with Gasteiger partial charge in [-0.3, -0.25) is 9.59 Å². The first-order valence-electron chi connectivity index (χ1n) is 8.36. The third-order valence-electron chi connectivity index (χ3n) is 4.59. The molecule has 0 unspecified atom stereocenters. The van der Waals surface area contributed by atoms with Crippen LogP contribution in [0, 0.1) is 5.92 Å². The van der Waals surface area contributed by atoms with Crippen LogP contribution in [-0.2, 0) is 9.59 Å². The Morgan fingerprint density at radius 3 is 2.48 bits per heavy atom. The Morgan fingerprint density at radius 2 is 1.64 bits per heavy atom. The number of nitrogens with one attached hydrogen (secondary N) is 1. The molecule has 1 heterocycles. The van der Waals surface area contributed by atoms with Crippen LogP contribution in [0.25, 0.3) is 10.8 Å². The van der Waals surface area contributed by atoms with E-state index in [1.807, 2.05) is 72.8 Å². The Balaban J connectivity index is 1.57. The van der Waals surface area contributed by atoms with Crippen LogP contribution in [0.2, 0.25) is 0 Å². The largest absolute Gasteiger partial charge is 0.326 e. The maximum atomic E-state index is 12.5. The summed E-state index contributed by atoms with van der Waals surface area (Å²) in [6.07, 6.45) is 0.238. The van der Waals surface area contributed by atoms with E-state index < -0.39 is 0 Å². The number of fused-ring (bicyclic) bond motifs is 1. The number of benzene rings is 3. The van der Waals surface area contributed by atoms with Gasteiger partial charge >= 0.3 is 0 Å². The summed E-state index contributed by atoms with van der Waals surface area (Å²) >= 11 is 0. The van der Waals surface area contributed by atoms with E-state index in [1.165, 1.54) is 0 Å². The molecule has 1 fully saturated rings. The lowest BCUT2D eigenvalue weighted by atomic mass is 10.1. The second kappa shape index (κ2) is 6.40. The van der Waals surface area contributed by atoms with Crippen LogP contribution in [0.1, 0.15) is 6.42 Å². The van der Waals surface area contributed by atoms with Crippen molar-refractivity contribution in [3.8, 4) is 0 Å². The predicted molar refractivity (Wildman–Crippen MR) is 99.5 cm³/mol. The van der Waals surface area contributed by atoms with Crippen molar-refractivity contribution in [1.29, 1.82) is 0 Å². The molecule has 25 heavy (non-hydrogen) atoms. The van der Waals surface area contributed by atoms with Gasteiger partial charge in [-0.05, 0) is 23.6 Å². The van der Waals surface area contributed by atoms with E-state index in [2.05, 4.69) is 5.32 Å². The van der Waals surface area contributed by atoms with Crippen LogP contribution < -0.4 is 10.2 Å². The van der Waals surface area contributed by atoms with Gasteiger partial charge < -0.3 is 10.2 Å². The van der Waals surface area contributed by atoms with E-state index in [-0.39, 0.29) is 24.2 Å². The molecule has 124 valence electrons. The minimum absolute atomic E-state index is 0.00966. The SMILES string of the molecule is O=C(Nc1ccccc1)[C@@H]1CC(=O)N(c2cccc3ccccc23)C1. The molecule has 3 aromatic rings. The molecule has 0 spiro atoms. The van der Waals surface area contributed by atoms with Gasteiger partial charge in [-0.15, -0.1) is 0 Å². The molecule has 0 bridgehead atoms. The van der Waals surface area contributed by atoms with Crippen molar-refractivity contribution >= 4 is 34.0 Å². The summed E-state index contributed by atoms with van der Waals surface area (Å²) in [6.45, 7) is 0.408. The second-order valence-electron chi connectivity index (χ2n) is 6.26. The molecule has 0 radical (unpaired) electrons. The number of amides is 2. The minimum Gasteiger partial charge on any atom is -0.326 e. The van der Waals surface area contributed by atoms with Crippen molar-refractivity contribution in [2.45, 2.75) is 6.42 Å². The molecule has 1 aliphatic heterocycles. The average Bonchev–Trinajstić information content (AvgIpc) is 3.04. The van der Waals surface area contributed by atoms with Gasteiger partial charge in [-0.25, -0.2) is 0 Å². The van der Waals surface area contributed by atoms with E-state index in [0.29, 0.717) is 6.54 Å². The number of hydrogen-bond donors (Lipinski definition) is 1. The summed E-state index contributed by atoms with van der Waals surface area (Å²) in [4.78, 5) is 26.8. The molecule has 0 saturated carbocycles. The lowest BCUT2D eigenvalue weighted by Gasteiger charge is -2.19. The number of nitrogens with zero attached hydrogens (tertiary/aromatic N) is 1. The first-order valence-corrected chi connectivity index (χ1v) is 8.36. The lowest BCUT2D eigenvalue weighted by molar-refractivity contribution is -0.122. The zero-order valence-corrected chi connectivity index (χ0v) is 13.7. The molecule has 4 rings (SSSR count). The fraction of sp³-hybridized carbons (Fsp3) is 0.143. The third kappa shape index (κ3) is 2.98. The molecule has 4 heteroatoms. The zero-order valence-electron chi connectivity index (χ0n) is 13.7. The zero-order chi connectivity index (χ0) is 17.2. The van der Waals surface area contributed by atoms with Gasteiger partial charge in [0.05, 0.1) is 11.6 Å². The van der Waals surface area contributed by atoms with Crippen LogP contribution >= 0.6 is 0 Å². The molecular formula is C21H18N2O2. The van der Waals surface area contributed by atoms with Gasteiger partial charge in [-0.2, -0.15) is 0 Å². The highest BCUT2D eigenvalue weighted by Crippen LogP contribution is 2.32. The standard InChI is InChI=1S/C21H18N2O2/c24-20-13-16(21(25)22-17-9-2-1-3-10-17)14-23(20)19-12-6-8-15-7-4-5-11-18(15)19/h1-12,16H,13-14H2,(H,22,25)/t16-/m1/s1. The van der Waals surface area contributed by atoms with Gasteiger partial charge in [-0.1, -0.05) is 54.6 Å². The van der Waals surface area contributed by atoms with Crippen molar-refractivity contribution in [3.63, 3.8) is 0 Å². The monoisotopic (exact) mass is 330 g/mol. The molecule has 1 N–H and O–H groups in total. The molecule has 0 aliphatic carbocycles. The summed E-state index contributed by atoms with van der Waals surface area (Å²) < 4.78 is 0. The van der Waals surface area contributed by atoms with Crippen LogP contribution in [0.4, 0.5) is 11.4 Å². The van der Waals surface area contributed by atoms with Crippen molar-refractivity contribution in [2.75, 3.05) is 16.8 Å². The van der Waals surface area contributed by atoms with Crippen LogP contribution in [-0.4, -0.2) is 18.4 Å². The highest BCUT2D eigenvalue weighted by Gasteiger charge is 2.35. The van der Waals surface area contributed by atoms with E-state index in [9.17, 15) is 9.59 Å². The third-order valence-corrected chi connectivity index (χ3v) is 4.59. The smallest absolute Gasteiger partial charge is 0.229 e. The number of rotatable bonds is 3. The Hall–Kier alpha value is -3.14. The average molecular weight is 330 g/mol. The summed E-state index contributed by atoms with van der Waals surface area (Å²) in [5.74, 6) is -0.460. The Labute approximate surface area is 146 Å². The number of hydrogen-bond acceptors (Lipinski definition) is 2. The van der Waals surface area contributed by atoms with Crippen LogP contribution in [0.5, 0.6) is 0 Å². The number of carbonyl (C=O) groups excluding carboxylic acids is 2. The van der Waals surface area contributed by atoms with E-state index in [1.54, 1.807) is 4.90 Å². The van der Waals surface area contributed by atoms with Crippen molar-refractivity contribution in [1.82, 2.24) is 0 Å². The fourth-order valence-electron chi connectivity index (χ4n) is 3.33. The Morgan fingerprint density at radius 1 is 0.920 bits per heavy atom. The molecule has 4 nitrogen and oxygen atoms in total. The van der Waals surface area contributed by atoms with Gasteiger partial charge in [0.15, 0.2) is 0 Å². The minimum atomic E-state index is -0.341. The quantitative estimate of drug-likeness (QED) is 0.793. The second-order valence-corrected chi connectivity index (χ2v) is 6.26. The molecule has 1 atom stereocenters. The van der Waals surface area contributed by atoms with E-state index in [4.69, 9.17) is 0 Å². The Bertz CT molecular complexity index is 932. The molecule has 1 aliphatic rings. The van der Waals surface area contributed by atoms with E-state index >= 15 is 0 Å². The number of anilines is 2. The van der Waals surface area contributed by atoms with Crippen LogP contribution in [0.15, 0.2) is 72.8 Å². The predicted octanol–water partition coefficient (Wildman–Crippen LogP) is 3.83. The summed E-state index contributed by atoms with van der Waals surface area (Å²) in [5, 5.41) is 5.01. The van der Waals surface area contributed by atoms with Gasteiger partial charge in [0.25, 0.3) is 0 Å². The lowest BCUT2D eigenvalue weighted by Crippen LogP contribution is -2.28. The molecular weight excluding hydrogens is 312 g/mol. The number of para-hydroxylation sites is 1. The number of carbonyl (C=O) groups is 2. The fourth-order valence-corrected chi connectivity index (χ4v) is 3.33. The first-order chi connectivity index (χ1) is 12.2. The van der Waals surface area contributed by atoms with Crippen molar-refractivity contribution in [2.24, 2.45) is 5.92 Å². The highest BCUT2D eigenvalue weighted by atomic mass is 16.2. The van der Waals surface area contributed by atoms with E-state index in [0.717, 1.165) is 22.1 Å². The maximum Gasteiger partial charge on any atom is 0.229 e. The summed E-state index contributed by atoms with van der Waals surface area (Å²) in [5.41, 5.74) is 1.63. The molecule has 2 amide bonds. The van der Waals surface area contributed by atoms with Crippen molar-refractivity contribution in [3.05, 3.63) is 72.8 Å². The van der Waals surface area contributed by atoms with Gasteiger partial charge in [0.1, 0.15) is 0 Å². The molecule has 0 aromatic heterocycles.